The first-order chi connectivity index (χ1) is 28.4. The Kier molecular flexibility index (Phi) is 11.9. The van der Waals surface area contributed by atoms with Gasteiger partial charge in [0.2, 0.25) is 5.60 Å². The Labute approximate surface area is 352 Å². The number of hydrogen-bond acceptors (Lipinski definition) is 17. The quantitative estimate of drug-likeness (QED) is 0.173. The van der Waals surface area contributed by atoms with Gasteiger partial charge in [-0.1, -0.05) is 45.4 Å². The number of ether oxygens (including phenoxy) is 8. The van der Waals surface area contributed by atoms with Crippen molar-refractivity contribution in [3.63, 3.8) is 0 Å². The molecule has 18 heteroatoms. The summed E-state index contributed by atoms with van der Waals surface area (Å²) in [5.41, 5.74) is -8.96. The van der Waals surface area contributed by atoms with Gasteiger partial charge in [-0.15, -0.1) is 0 Å². The maximum atomic E-state index is 15.6. The smallest absolute Gasteiger partial charge is 0.454 e. The molecule has 4 fully saturated rings. The van der Waals surface area contributed by atoms with Gasteiger partial charge in [0.05, 0.1) is 35.6 Å². The van der Waals surface area contributed by atoms with E-state index >= 15 is 4.79 Å². The summed E-state index contributed by atoms with van der Waals surface area (Å²) >= 11 is 0. The van der Waals surface area contributed by atoms with Crippen molar-refractivity contribution in [1.82, 2.24) is 5.32 Å². The van der Waals surface area contributed by atoms with Crippen LogP contribution < -0.4 is 5.32 Å². The summed E-state index contributed by atoms with van der Waals surface area (Å²) < 4.78 is 48.0. The highest BCUT2D eigenvalue weighted by Crippen LogP contribution is 2.66. The highest BCUT2D eigenvalue weighted by atomic mass is 16.8. The summed E-state index contributed by atoms with van der Waals surface area (Å²) in [5.74, 6) is -6.55. The molecule has 2 bridgehead atoms. The zero-order chi connectivity index (χ0) is 45.2. The highest BCUT2D eigenvalue weighted by molar-refractivity contribution is 5.96. The molecule has 1 aromatic carbocycles. The molecule has 3 aliphatic carbocycles. The summed E-state index contributed by atoms with van der Waals surface area (Å²) in [6, 6.07) is 6.49. The van der Waals surface area contributed by atoms with Crippen LogP contribution in [0.15, 0.2) is 41.5 Å². The Morgan fingerprint density at radius 2 is 1.64 bits per heavy atom. The number of hydrogen-bond donors (Lipinski definition) is 3. The number of carbonyl (C=O) groups is 7. The van der Waals surface area contributed by atoms with Crippen molar-refractivity contribution in [2.24, 2.45) is 16.7 Å². The Morgan fingerprint density at radius 1 is 0.984 bits per heavy atom. The molecule has 334 valence electrons. The van der Waals surface area contributed by atoms with Gasteiger partial charge in [-0.3, -0.25) is 14.4 Å². The van der Waals surface area contributed by atoms with Gasteiger partial charge in [0.25, 0.3) is 0 Å². The van der Waals surface area contributed by atoms with Crippen molar-refractivity contribution < 1.29 is 81.7 Å². The van der Waals surface area contributed by atoms with Gasteiger partial charge < -0.3 is 53.4 Å². The molecule has 6 rings (SSSR count). The minimum absolute atomic E-state index is 0.0268. The number of alkyl carbamates (subject to hydrolysis) is 1. The Balaban J connectivity index is 1.61. The van der Waals surface area contributed by atoms with Crippen LogP contribution in [-0.2, 0) is 57.1 Å². The first kappa shape index (κ1) is 45.5. The number of fused-ring (bicyclic) bond motifs is 4. The molecule has 1 amide bonds. The summed E-state index contributed by atoms with van der Waals surface area (Å²) in [5, 5.41) is 26.1. The molecular formula is C43H55NO17. The van der Waals surface area contributed by atoms with Gasteiger partial charge in [-0.2, -0.15) is 0 Å². The SMILES string of the molecule is CCC[C@H](NC(=O)OC(C)(C)C)[C@@H](O)C(=O)O[C@@H]1C(C)=C2[C@@H](OC(C)=O)C(=O)[C@@]3(C)C(C(OC(=O)c4ccccc4)[C@@]4(OC(=O)O[C@@H]14)C2(C)C)[C@]1(OC(C)=O)CO[C@@H]1C[C@@H]3O. The van der Waals surface area contributed by atoms with E-state index in [0.29, 0.717) is 6.42 Å². The predicted octanol–water partition coefficient (Wildman–Crippen LogP) is 3.41. The third-order valence-corrected chi connectivity index (χ3v) is 12.8. The van der Waals surface area contributed by atoms with E-state index in [2.05, 4.69) is 5.32 Å². The summed E-state index contributed by atoms with van der Waals surface area (Å²) in [7, 11) is 0. The second-order valence-corrected chi connectivity index (χ2v) is 18.2. The highest BCUT2D eigenvalue weighted by Gasteiger charge is 2.83. The van der Waals surface area contributed by atoms with E-state index in [4.69, 9.17) is 37.9 Å². The Hall–Kier alpha value is -5.07. The lowest BCUT2D eigenvalue weighted by Crippen LogP contribution is -2.83. The van der Waals surface area contributed by atoms with E-state index in [1.165, 1.54) is 39.8 Å². The molecule has 12 atom stereocenters. The zero-order valence-corrected chi connectivity index (χ0v) is 35.9. The maximum Gasteiger partial charge on any atom is 0.509 e. The molecule has 18 nitrogen and oxygen atoms in total. The molecule has 2 aliphatic heterocycles. The monoisotopic (exact) mass is 857 g/mol. The van der Waals surface area contributed by atoms with E-state index in [1.54, 1.807) is 45.9 Å². The number of benzene rings is 1. The number of aliphatic hydroxyl groups is 2. The average molecular weight is 858 g/mol. The lowest BCUT2D eigenvalue weighted by Gasteiger charge is -2.67. The minimum atomic E-state index is -2.35. The number of ketones is 1. The number of aliphatic hydroxyl groups excluding tert-OH is 2. The summed E-state index contributed by atoms with van der Waals surface area (Å²) in [6.07, 6.45) is -14.0. The lowest BCUT2D eigenvalue weighted by molar-refractivity contribution is -0.345. The number of amides is 1. The van der Waals surface area contributed by atoms with Gasteiger partial charge in [-0.05, 0) is 64.3 Å². The number of Topliss-reactive ketones (excluding diaryl/α,β-unsaturated/α-hetero) is 1. The molecule has 2 saturated carbocycles. The number of nitrogens with one attached hydrogen (secondary N) is 1. The molecule has 2 heterocycles. The van der Waals surface area contributed by atoms with E-state index in [1.807, 2.05) is 0 Å². The van der Waals surface area contributed by atoms with Crippen molar-refractivity contribution in [2.45, 2.75) is 154 Å². The Bertz CT molecular complexity index is 2010. The third kappa shape index (κ3) is 7.43. The molecule has 0 radical (unpaired) electrons. The molecule has 1 aromatic rings. The van der Waals surface area contributed by atoms with Crippen LogP contribution >= 0.6 is 0 Å². The van der Waals surface area contributed by atoms with Gasteiger partial charge in [-0.25, -0.2) is 19.2 Å². The minimum Gasteiger partial charge on any atom is -0.454 e. The van der Waals surface area contributed by atoms with Crippen LogP contribution in [0, 0.1) is 16.7 Å². The van der Waals surface area contributed by atoms with Crippen LogP contribution in [0.5, 0.6) is 0 Å². The van der Waals surface area contributed by atoms with Crippen molar-refractivity contribution >= 4 is 41.9 Å². The second-order valence-electron chi connectivity index (χ2n) is 18.2. The molecule has 5 aliphatic rings. The van der Waals surface area contributed by atoms with Gasteiger partial charge in [0.15, 0.2) is 41.9 Å². The molecule has 61 heavy (non-hydrogen) atoms. The van der Waals surface area contributed by atoms with Gasteiger partial charge in [0.1, 0.15) is 11.7 Å². The molecule has 0 aromatic heterocycles. The van der Waals surface area contributed by atoms with Gasteiger partial charge in [0, 0.05) is 25.7 Å². The number of carbonyl (C=O) groups excluding carboxylic acids is 7. The molecule has 1 spiro atoms. The fourth-order valence-electron chi connectivity index (χ4n) is 10.2. The van der Waals surface area contributed by atoms with E-state index in [9.17, 15) is 39.0 Å². The van der Waals surface area contributed by atoms with Crippen molar-refractivity contribution in [3.8, 4) is 0 Å². The average Bonchev–Trinajstić information content (AvgIpc) is 3.52. The number of esters is 4. The summed E-state index contributed by atoms with van der Waals surface area (Å²) in [6.45, 7) is 14.4. The normalized spacial score (nSPS) is 34.5. The van der Waals surface area contributed by atoms with Crippen molar-refractivity contribution in [1.29, 1.82) is 0 Å². The van der Waals surface area contributed by atoms with Crippen LogP contribution in [0.2, 0.25) is 0 Å². The fraction of sp³-hybridized carbons (Fsp3) is 0.651. The Morgan fingerprint density at radius 3 is 2.20 bits per heavy atom. The largest absolute Gasteiger partial charge is 0.509 e. The standard InChI is InChI=1S/C43H55NO17/c1-11-15-24(44-37(52)60-39(5,6)7)28(48)36(51)56-29-20(2)27-30(55-21(3)45)32(49)41(10)25(47)18-26-42(19-54-26,59-22(4)46)31(41)34(57-35(50)23-16-13-12-14-17-23)43(40(27,8)9)33(29)58-38(53)61-43/h12-14,16-17,24-26,28-31,33-34,47-48H,11,15,18-19H2,1-10H3,(H,44,52)/t24-,25-,26+,28+,29+,30+,31?,33-,34?,41+,42-,43+/m0/s1. The van der Waals surface area contributed by atoms with E-state index < -0.39 is 124 Å². The maximum absolute atomic E-state index is 15.6. The zero-order valence-electron chi connectivity index (χ0n) is 35.9. The van der Waals surface area contributed by atoms with Crippen LogP contribution in [0.1, 0.15) is 98.9 Å². The molecule has 2 saturated heterocycles. The molecule has 2 unspecified atom stereocenters. The first-order valence-corrected chi connectivity index (χ1v) is 20.3. The molecular weight excluding hydrogens is 802 g/mol. The van der Waals surface area contributed by atoms with E-state index in [0.717, 1.165) is 13.8 Å². The third-order valence-electron chi connectivity index (χ3n) is 12.8. The molecule has 3 N–H and O–H groups in total. The first-order valence-electron chi connectivity index (χ1n) is 20.3. The van der Waals surface area contributed by atoms with Crippen LogP contribution in [0.25, 0.3) is 0 Å². The fourth-order valence-corrected chi connectivity index (χ4v) is 10.2. The lowest BCUT2D eigenvalue weighted by atomic mass is 9.44. The van der Waals surface area contributed by atoms with Crippen molar-refractivity contribution in [2.75, 3.05) is 6.61 Å². The van der Waals surface area contributed by atoms with Gasteiger partial charge >= 0.3 is 36.1 Å². The topological polar surface area (TPSA) is 246 Å². The van der Waals surface area contributed by atoms with Crippen LogP contribution in [0.4, 0.5) is 9.59 Å². The predicted molar refractivity (Wildman–Crippen MR) is 207 cm³/mol. The number of rotatable bonds is 10. The van der Waals surface area contributed by atoms with Crippen molar-refractivity contribution in [3.05, 3.63) is 47.0 Å². The summed E-state index contributed by atoms with van der Waals surface area (Å²) in [4.78, 5) is 97.0. The second kappa shape index (κ2) is 16.0. The van der Waals surface area contributed by atoms with E-state index in [-0.39, 0.29) is 36.2 Å². The van der Waals surface area contributed by atoms with Crippen LogP contribution in [0.3, 0.4) is 0 Å². The van der Waals surface area contributed by atoms with Crippen LogP contribution in [-0.4, -0.2) is 124 Å².